The summed E-state index contributed by atoms with van der Waals surface area (Å²) in [5.74, 6) is -0.798. The number of amides is 2. The van der Waals surface area contributed by atoms with Gasteiger partial charge in [0.15, 0.2) is 0 Å². The SMILES string of the molecule is C=CCNC(=O)C(=O)N/N=C/c1ccc(OCCC)cc1. The molecule has 0 bridgehead atoms. The molecule has 6 heteroatoms. The van der Waals surface area contributed by atoms with Crippen LogP contribution in [-0.2, 0) is 9.59 Å². The average molecular weight is 289 g/mol. The summed E-state index contributed by atoms with van der Waals surface area (Å²) in [5.41, 5.74) is 2.92. The Morgan fingerprint density at radius 1 is 1.29 bits per heavy atom. The molecule has 0 aliphatic heterocycles. The average Bonchev–Trinajstić information content (AvgIpc) is 2.51. The molecule has 0 saturated heterocycles. The van der Waals surface area contributed by atoms with Crippen LogP contribution in [0.1, 0.15) is 18.9 Å². The summed E-state index contributed by atoms with van der Waals surface area (Å²) in [7, 11) is 0. The number of carbonyl (C=O) groups excluding carboxylic acids is 2. The van der Waals surface area contributed by atoms with Crippen molar-refractivity contribution < 1.29 is 14.3 Å². The van der Waals surface area contributed by atoms with Gasteiger partial charge in [-0.15, -0.1) is 6.58 Å². The van der Waals surface area contributed by atoms with Gasteiger partial charge in [-0.25, -0.2) is 5.43 Å². The maximum absolute atomic E-state index is 11.3. The van der Waals surface area contributed by atoms with E-state index in [-0.39, 0.29) is 6.54 Å². The maximum atomic E-state index is 11.3. The topological polar surface area (TPSA) is 79.8 Å². The largest absolute Gasteiger partial charge is 0.494 e. The van der Waals surface area contributed by atoms with E-state index in [1.807, 2.05) is 19.1 Å². The van der Waals surface area contributed by atoms with Crippen LogP contribution in [0.15, 0.2) is 42.0 Å². The number of rotatable bonds is 7. The van der Waals surface area contributed by atoms with Crippen molar-refractivity contribution in [1.82, 2.24) is 10.7 Å². The van der Waals surface area contributed by atoms with Crippen molar-refractivity contribution in [2.24, 2.45) is 5.10 Å². The molecule has 0 spiro atoms. The Kier molecular flexibility index (Phi) is 7.28. The number of nitrogens with one attached hydrogen (secondary N) is 2. The number of ether oxygens (including phenoxy) is 1. The lowest BCUT2D eigenvalue weighted by Gasteiger charge is -2.04. The lowest BCUT2D eigenvalue weighted by Crippen LogP contribution is -2.37. The van der Waals surface area contributed by atoms with Gasteiger partial charge in [-0.05, 0) is 36.2 Å². The fraction of sp³-hybridized carbons (Fsp3) is 0.267. The van der Waals surface area contributed by atoms with Gasteiger partial charge in [0.25, 0.3) is 0 Å². The van der Waals surface area contributed by atoms with Crippen molar-refractivity contribution in [2.75, 3.05) is 13.2 Å². The minimum atomic E-state index is -0.823. The van der Waals surface area contributed by atoms with E-state index in [9.17, 15) is 9.59 Å². The van der Waals surface area contributed by atoms with Gasteiger partial charge in [-0.2, -0.15) is 5.10 Å². The molecule has 1 rings (SSSR count). The molecule has 0 heterocycles. The zero-order chi connectivity index (χ0) is 15.5. The van der Waals surface area contributed by atoms with Crippen molar-refractivity contribution in [3.05, 3.63) is 42.5 Å². The normalized spacial score (nSPS) is 10.1. The predicted octanol–water partition coefficient (Wildman–Crippen LogP) is 1.23. The van der Waals surface area contributed by atoms with Gasteiger partial charge in [0.1, 0.15) is 5.75 Å². The van der Waals surface area contributed by atoms with Crippen molar-refractivity contribution >= 4 is 18.0 Å². The summed E-state index contributed by atoms with van der Waals surface area (Å²) in [6.07, 6.45) is 3.88. The Bertz CT molecular complexity index is 509. The van der Waals surface area contributed by atoms with Crippen LogP contribution in [0.2, 0.25) is 0 Å². The van der Waals surface area contributed by atoms with E-state index in [0.29, 0.717) is 6.61 Å². The van der Waals surface area contributed by atoms with Gasteiger partial charge in [0.2, 0.25) is 0 Å². The van der Waals surface area contributed by atoms with Crippen molar-refractivity contribution in [3.63, 3.8) is 0 Å². The first-order valence-electron chi connectivity index (χ1n) is 6.62. The van der Waals surface area contributed by atoms with E-state index < -0.39 is 11.8 Å². The van der Waals surface area contributed by atoms with Crippen molar-refractivity contribution in [3.8, 4) is 5.75 Å². The van der Waals surface area contributed by atoms with Crippen LogP contribution in [-0.4, -0.2) is 31.2 Å². The van der Waals surface area contributed by atoms with Crippen LogP contribution >= 0.6 is 0 Å². The summed E-state index contributed by atoms with van der Waals surface area (Å²) < 4.78 is 5.45. The lowest BCUT2D eigenvalue weighted by atomic mass is 10.2. The fourth-order valence-electron chi connectivity index (χ4n) is 1.33. The lowest BCUT2D eigenvalue weighted by molar-refractivity contribution is -0.139. The summed E-state index contributed by atoms with van der Waals surface area (Å²) in [5, 5.41) is 6.06. The van der Waals surface area contributed by atoms with Gasteiger partial charge < -0.3 is 10.1 Å². The molecule has 0 atom stereocenters. The highest BCUT2D eigenvalue weighted by Crippen LogP contribution is 2.11. The molecule has 0 radical (unpaired) electrons. The second-order valence-electron chi connectivity index (χ2n) is 4.12. The van der Waals surface area contributed by atoms with Crippen molar-refractivity contribution in [2.45, 2.75) is 13.3 Å². The first-order chi connectivity index (χ1) is 10.2. The number of hydrazone groups is 1. The quantitative estimate of drug-likeness (QED) is 0.343. The predicted molar refractivity (Wildman–Crippen MR) is 81.2 cm³/mol. The highest BCUT2D eigenvalue weighted by molar-refractivity contribution is 6.35. The van der Waals surface area contributed by atoms with Crippen molar-refractivity contribution in [1.29, 1.82) is 0 Å². The van der Waals surface area contributed by atoms with Gasteiger partial charge >= 0.3 is 11.8 Å². The smallest absolute Gasteiger partial charge is 0.329 e. The number of hydrogen-bond acceptors (Lipinski definition) is 4. The molecule has 0 aromatic heterocycles. The highest BCUT2D eigenvalue weighted by Gasteiger charge is 2.10. The number of benzene rings is 1. The number of nitrogens with zero attached hydrogens (tertiary/aromatic N) is 1. The van der Waals surface area contributed by atoms with Gasteiger partial charge in [0.05, 0.1) is 12.8 Å². The third-order valence-corrected chi connectivity index (χ3v) is 2.35. The molecule has 0 unspecified atom stereocenters. The second-order valence-corrected chi connectivity index (χ2v) is 4.12. The molecule has 0 aliphatic carbocycles. The Morgan fingerprint density at radius 3 is 2.62 bits per heavy atom. The molecular weight excluding hydrogens is 270 g/mol. The molecule has 0 aliphatic rings. The summed E-state index contributed by atoms with van der Waals surface area (Å²) in [6, 6.07) is 7.24. The standard InChI is InChI=1S/C15H19N3O3/c1-3-9-16-14(19)15(20)18-17-11-12-5-7-13(8-6-12)21-10-4-2/h3,5-8,11H,1,4,9-10H2,2H3,(H,16,19)(H,18,20)/b17-11+. The highest BCUT2D eigenvalue weighted by atomic mass is 16.5. The molecular formula is C15H19N3O3. The monoisotopic (exact) mass is 289 g/mol. The molecule has 6 nitrogen and oxygen atoms in total. The van der Waals surface area contributed by atoms with Gasteiger partial charge in [-0.3, -0.25) is 9.59 Å². The number of hydrogen-bond donors (Lipinski definition) is 2. The first-order valence-corrected chi connectivity index (χ1v) is 6.62. The molecule has 21 heavy (non-hydrogen) atoms. The summed E-state index contributed by atoms with van der Waals surface area (Å²) >= 11 is 0. The third kappa shape index (κ3) is 6.38. The van der Waals surface area contributed by atoms with E-state index >= 15 is 0 Å². The van der Waals surface area contributed by atoms with E-state index in [1.54, 1.807) is 12.1 Å². The minimum Gasteiger partial charge on any atom is -0.494 e. The van der Waals surface area contributed by atoms with E-state index in [0.717, 1.165) is 17.7 Å². The third-order valence-electron chi connectivity index (χ3n) is 2.35. The van der Waals surface area contributed by atoms with E-state index in [4.69, 9.17) is 4.74 Å². The zero-order valence-corrected chi connectivity index (χ0v) is 12.0. The summed E-state index contributed by atoms with van der Waals surface area (Å²) in [6.45, 7) is 6.37. The Hall–Kier alpha value is -2.63. The molecule has 0 saturated carbocycles. The second kappa shape index (κ2) is 9.30. The van der Waals surface area contributed by atoms with Crippen LogP contribution in [0.25, 0.3) is 0 Å². The molecule has 1 aromatic rings. The molecule has 1 aromatic carbocycles. The Labute approximate surface area is 123 Å². The summed E-state index contributed by atoms with van der Waals surface area (Å²) in [4.78, 5) is 22.5. The first kappa shape index (κ1) is 16.4. The van der Waals surface area contributed by atoms with Gasteiger partial charge in [-0.1, -0.05) is 13.0 Å². The fourth-order valence-corrected chi connectivity index (χ4v) is 1.33. The van der Waals surface area contributed by atoms with Crippen LogP contribution in [0.3, 0.4) is 0 Å². The van der Waals surface area contributed by atoms with Crippen LogP contribution in [0.4, 0.5) is 0 Å². The minimum absolute atomic E-state index is 0.231. The van der Waals surface area contributed by atoms with E-state index in [1.165, 1.54) is 12.3 Å². The van der Waals surface area contributed by atoms with Gasteiger partial charge in [0, 0.05) is 6.54 Å². The Balaban J connectivity index is 2.44. The Morgan fingerprint density at radius 2 is 2.00 bits per heavy atom. The zero-order valence-electron chi connectivity index (χ0n) is 12.0. The number of carbonyl (C=O) groups is 2. The molecule has 2 amide bonds. The van der Waals surface area contributed by atoms with Crippen LogP contribution < -0.4 is 15.5 Å². The van der Waals surface area contributed by atoms with Crippen LogP contribution in [0.5, 0.6) is 5.75 Å². The molecule has 2 N–H and O–H groups in total. The molecule has 0 fully saturated rings. The maximum Gasteiger partial charge on any atom is 0.329 e. The van der Waals surface area contributed by atoms with Crippen LogP contribution in [0, 0.1) is 0 Å². The molecule has 112 valence electrons. The van der Waals surface area contributed by atoms with E-state index in [2.05, 4.69) is 22.4 Å².